The van der Waals surface area contributed by atoms with Crippen LogP contribution in [-0.4, -0.2) is 9.97 Å². The maximum Gasteiger partial charge on any atom is 0.0794 e. The van der Waals surface area contributed by atoms with Gasteiger partial charge in [0.2, 0.25) is 0 Å². The van der Waals surface area contributed by atoms with Gasteiger partial charge in [-0.25, -0.2) is 4.98 Å². The van der Waals surface area contributed by atoms with Gasteiger partial charge in [-0.15, -0.1) is 0 Å². The first kappa shape index (κ1) is 30.5. The number of fused-ring (bicyclic) bond motifs is 9. The monoisotopic (exact) mass is 684 g/mol. The first-order valence-corrected chi connectivity index (χ1v) is 18.5. The molecule has 0 N–H and O–H groups in total. The Bertz CT molecular complexity index is 3250. The summed E-state index contributed by atoms with van der Waals surface area (Å²) < 4.78 is 0. The van der Waals surface area contributed by atoms with Crippen molar-refractivity contribution in [3.63, 3.8) is 0 Å². The van der Waals surface area contributed by atoms with Crippen LogP contribution in [0.1, 0.15) is 0 Å². The fourth-order valence-electron chi connectivity index (χ4n) is 8.58. The van der Waals surface area contributed by atoms with Crippen LogP contribution in [0.3, 0.4) is 0 Å². The third kappa shape index (κ3) is 4.81. The SMILES string of the molecule is c1ccc2c(c1)cc(-c1cc3c(-c4cc5ccccc5c5ccccc45)cc(-c4ccc(-c5ccncc5)cc4)nc3c3ccccc13)c1ccccc12. The molecule has 0 aliphatic carbocycles. The first-order chi connectivity index (χ1) is 26.8. The largest absolute Gasteiger partial charge is 0.265 e. The summed E-state index contributed by atoms with van der Waals surface area (Å²) in [6.45, 7) is 0. The van der Waals surface area contributed by atoms with Crippen LogP contribution in [0.15, 0.2) is 194 Å². The number of pyridine rings is 2. The molecule has 0 saturated carbocycles. The molecule has 2 heteroatoms. The molecule has 9 aromatic carbocycles. The predicted molar refractivity (Wildman–Crippen MR) is 229 cm³/mol. The average molecular weight is 685 g/mol. The molecule has 11 rings (SSSR count). The van der Waals surface area contributed by atoms with Crippen LogP contribution in [0.25, 0.3) is 109 Å². The van der Waals surface area contributed by atoms with E-state index in [1.807, 2.05) is 12.4 Å². The van der Waals surface area contributed by atoms with E-state index in [0.717, 1.165) is 38.7 Å². The van der Waals surface area contributed by atoms with Crippen molar-refractivity contribution in [2.75, 3.05) is 0 Å². The number of rotatable bonds is 4. The summed E-state index contributed by atoms with van der Waals surface area (Å²) in [5.41, 5.74) is 10.1. The van der Waals surface area contributed by atoms with Gasteiger partial charge in [0.25, 0.3) is 0 Å². The second-order valence-electron chi connectivity index (χ2n) is 14.1. The van der Waals surface area contributed by atoms with E-state index in [-0.39, 0.29) is 0 Å². The van der Waals surface area contributed by atoms with Crippen LogP contribution >= 0.6 is 0 Å². The lowest BCUT2D eigenvalue weighted by atomic mass is 9.86. The fourth-order valence-corrected chi connectivity index (χ4v) is 8.58. The lowest BCUT2D eigenvalue weighted by Crippen LogP contribution is -1.95. The Balaban J connectivity index is 1.26. The van der Waals surface area contributed by atoms with Crippen molar-refractivity contribution in [2.45, 2.75) is 0 Å². The highest BCUT2D eigenvalue weighted by Crippen LogP contribution is 2.45. The second kappa shape index (κ2) is 12.2. The predicted octanol–water partition coefficient (Wildman–Crippen LogP) is 14.1. The molecule has 0 radical (unpaired) electrons. The van der Waals surface area contributed by atoms with E-state index in [2.05, 4.69) is 187 Å². The van der Waals surface area contributed by atoms with Crippen molar-refractivity contribution in [1.82, 2.24) is 9.97 Å². The van der Waals surface area contributed by atoms with Crippen molar-refractivity contribution in [3.05, 3.63) is 194 Å². The molecule has 2 heterocycles. The Morgan fingerprint density at radius 1 is 0.278 bits per heavy atom. The lowest BCUT2D eigenvalue weighted by molar-refractivity contribution is 1.33. The molecule has 2 nitrogen and oxygen atoms in total. The molecule has 0 bridgehead atoms. The summed E-state index contributed by atoms with van der Waals surface area (Å²) in [4.78, 5) is 9.75. The van der Waals surface area contributed by atoms with E-state index >= 15 is 0 Å². The molecule has 0 spiro atoms. The average Bonchev–Trinajstić information content (AvgIpc) is 3.25. The van der Waals surface area contributed by atoms with Gasteiger partial charge in [-0.3, -0.25) is 4.98 Å². The third-order valence-corrected chi connectivity index (χ3v) is 11.1. The molecule has 2 aromatic heterocycles. The summed E-state index contributed by atoms with van der Waals surface area (Å²) in [6, 6.07) is 66.3. The summed E-state index contributed by atoms with van der Waals surface area (Å²) in [5, 5.41) is 13.5. The molecule has 11 aromatic rings. The standard InChI is InChI=1S/C52H32N2/c1-3-13-38-36(11-1)29-46(42-17-7-5-15-40(38)42)48-31-50-49(47-30-37-12-2-4-14-39(37)41-16-6-8-18-43(41)47)32-51(54-52(50)45-20-10-9-19-44(45)48)35-23-21-33(22-24-35)34-25-27-53-28-26-34/h1-32H. The second-order valence-corrected chi connectivity index (χ2v) is 14.1. The molecule has 0 atom stereocenters. The van der Waals surface area contributed by atoms with E-state index in [4.69, 9.17) is 4.98 Å². The van der Waals surface area contributed by atoms with Crippen molar-refractivity contribution < 1.29 is 0 Å². The summed E-state index contributed by atoms with van der Waals surface area (Å²) >= 11 is 0. The Labute approximate surface area is 312 Å². The smallest absolute Gasteiger partial charge is 0.0794 e. The van der Waals surface area contributed by atoms with Crippen LogP contribution in [0.5, 0.6) is 0 Å². The van der Waals surface area contributed by atoms with E-state index < -0.39 is 0 Å². The van der Waals surface area contributed by atoms with Crippen LogP contribution in [0.4, 0.5) is 0 Å². The zero-order valence-electron chi connectivity index (χ0n) is 29.4. The van der Waals surface area contributed by atoms with Crippen LogP contribution in [0, 0.1) is 0 Å². The molecule has 0 amide bonds. The Kier molecular flexibility index (Phi) is 6.90. The minimum Gasteiger partial charge on any atom is -0.265 e. The molecule has 0 fully saturated rings. The van der Waals surface area contributed by atoms with Gasteiger partial charge in [-0.05, 0) is 118 Å². The van der Waals surface area contributed by atoms with Crippen molar-refractivity contribution in [3.8, 4) is 44.6 Å². The Morgan fingerprint density at radius 3 is 1.26 bits per heavy atom. The Morgan fingerprint density at radius 2 is 0.685 bits per heavy atom. The topological polar surface area (TPSA) is 25.8 Å². The van der Waals surface area contributed by atoms with Gasteiger partial charge in [-0.2, -0.15) is 0 Å². The highest BCUT2D eigenvalue weighted by Gasteiger charge is 2.19. The summed E-state index contributed by atoms with van der Waals surface area (Å²) in [5.74, 6) is 0. The molecule has 250 valence electrons. The van der Waals surface area contributed by atoms with Gasteiger partial charge in [0.1, 0.15) is 0 Å². The van der Waals surface area contributed by atoms with E-state index in [9.17, 15) is 0 Å². The lowest BCUT2D eigenvalue weighted by Gasteiger charge is -2.19. The third-order valence-electron chi connectivity index (χ3n) is 11.1. The van der Waals surface area contributed by atoms with E-state index in [1.54, 1.807) is 0 Å². The molecular weight excluding hydrogens is 653 g/mol. The molecule has 0 saturated heterocycles. The molecule has 0 unspecified atom stereocenters. The zero-order chi connectivity index (χ0) is 35.6. The summed E-state index contributed by atoms with van der Waals surface area (Å²) in [6.07, 6.45) is 3.68. The van der Waals surface area contributed by atoms with Crippen molar-refractivity contribution >= 4 is 64.8 Å². The minimum absolute atomic E-state index is 0.949. The highest BCUT2D eigenvalue weighted by atomic mass is 14.7. The van der Waals surface area contributed by atoms with E-state index in [0.29, 0.717) is 0 Å². The molecule has 0 aliphatic rings. The number of hydrogen-bond acceptors (Lipinski definition) is 2. The summed E-state index contributed by atoms with van der Waals surface area (Å²) in [7, 11) is 0. The molecule has 54 heavy (non-hydrogen) atoms. The number of hydrogen-bond donors (Lipinski definition) is 0. The van der Waals surface area contributed by atoms with Gasteiger partial charge in [0, 0.05) is 28.7 Å². The van der Waals surface area contributed by atoms with Gasteiger partial charge in [0.15, 0.2) is 0 Å². The fraction of sp³-hybridized carbons (Fsp3) is 0. The van der Waals surface area contributed by atoms with Gasteiger partial charge in [-0.1, -0.05) is 146 Å². The maximum atomic E-state index is 5.54. The highest BCUT2D eigenvalue weighted by molar-refractivity contribution is 6.23. The van der Waals surface area contributed by atoms with Gasteiger partial charge in [0.05, 0.1) is 11.2 Å². The number of aromatic nitrogens is 2. The number of benzene rings is 9. The number of nitrogens with zero attached hydrogens (tertiary/aromatic N) is 2. The quantitative estimate of drug-likeness (QED) is 0.172. The van der Waals surface area contributed by atoms with Crippen LogP contribution in [0.2, 0.25) is 0 Å². The normalized spacial score (nSPS) is 11.7. The molecule has 0 aliphatic heterocycles. The zero-order valence-corrected chi connectivity index (χ0v) is 29.4. The van der Waals surface area contributed by atoms with Crippen LogP contribution in [-0.2, 0) is 0 Å². The molecular formula is C52H32N2. The van der Waals surface area contributed by atoms with Gasteiger partial charge < -0.3 is 0 Å². The van der Waals surface area contributed by atoms with Gasteiger partial charge >= 0.3 is 0 Å². The minimum atomic E-state index is 0.949. The maximum absolute atomic E-state index is 5.54. The first-order valence-electron chi connectivity index (χ1n) is 18.5. The van der Waals surface area contributed by atoms with E-state index in [1.165, 1.54) is 70.7 Å². The van der Waals surface area contributed by atoms with Crippen molar-refractivity contribution in [2.24, 2.45) is 0 Å². The van der Waals surface area contributed by atoms with Crippen LogP contribution < -0.4 is 0 Å². The van der Waals surface area contributed by atoms with Crippen molar-refractivity contribution in [1.29, 1.82) is 0 Å². The Hall–Kier alpha value is -7.16.